The smallest absolute Gasteiger partial charge is 0.272 e. The summed E-state index contributed by atoms with van der Waals surface area (Å²) >= 11 is 0. The number of nitrogens with zero attached hydrogens (tertiary/aromatic N) is 3. The van der Waals surface area contributed by atoms with Gasteiger partial charge in [-0.25, -0.2) is 4.98 Å². The number of pyridine rings is 1. The topological polar surface area (TPSA) is 69.2 Å². The Labute approximate surface area is 185 Å². The number of anilines is 1. The second-order valence-electron chi connectivity index (χ2n) is 8.74. The highest BCUT2D eigenvalue weighted by Crippen LogP contribution is 2.30. The van der Waals surface area contributed by atoms with Crippen molar-refractivity contribution in [2.45, 2.75) is 31.7 Å². The lowest BCUT2D eigenvalue weighted by molar-refractivity contribution is 0.401. The molecule has 0 bridgehead atoms. The van der Waals surface area contributed by atoms with Crippen LogP contribution in [-0.4, -0.2) is 32.4 Å². The van der Waals surface area contributed by atoms with Gasteiger partial charge in [-0.2, -0.15) is 0 Å². The molecule has 2 N–H and O–H groups in total. The first-order valence-electron chi connectivity index (χ1n) is 11.1. The van der Waals surface area contributed by atoms with Gasteiger partial charge in [0.15, 0.2) is 0 Å². The van der Waals surface area contributed by atoms with Crippen molar-refractivity contribution in [2.75, 3.05) is 11.9 Å². The highest BCUT2D eigenvalue weighted by Gasteiger charge is 2.22. The summed E-state index contributed by atoms with van der Waals surface area (Å²) in [5, 5.41) is 1.05. The van der Waals surface area contributed by atoms with E-state index >= 15 is 0 Å². The fourth-order valence-electron chi connectivity index (χ4n) is 4.73. The fourth-order valence-corrected chi connectivity index (χ4v) is 4.73. The molecule has 0 amide bonds. The van der Waals surface area contributed by atoms with Crippen LogP contribution in [0.1, 0.15) is 30.5 Å². The Kier molecular flexibility index (Phi) is 4.38. The van der Waals surface area contributed by atoms with Crippen LogP contribution in [0.15, 0.2) is 72.0 Å². The molecule has 4 heterocycles. The van der Waals surface area contributed by atoms with Crippen LogP contribution in [-0.2, 0) is 6.42 Å². The zero-order valence-electron chi connectivity index (χ0n) is 18.0. The van der Waals surface area contributed by atoms with Gasteiger partial charge in [0.25, 0.3) is 5.56 Å². The van der Waals surface area contributed by atoms with E-state index in [1.807, 2.05) is 35.0 Å². The highest BCUT2D eigenvalue weighted by molar-refractivity contribution is 5.94. The van der Waals surface area contributed by atoms with E-state index in [9.17, 15) is 4.79 Å². The van der Waals surface area contributed by atoms with Crippen LogP contribution < -0.4 is 10.5 Å². The fraction of sp³-hybridized carbons (Fsp3) is 0.231. The summed E-state index contributed by atoms with van der Waals surface area (Å²) in [4.78, 5) is 25.5. The van der Waals surface area contributed by atoms with Gasteiger partial charge in [0.05, 0.1) is 0 Å². The SMILES string of the molecule is CN(c1cccc(Cc2c[nH]c(=O)c3cc(-c4c[nH]c5ncccc45)cn23)c1)C1CCC1. The molecule has 1 aliphatic rings. The maximum Gasteiger partial charge on any atom is 0.272 e. The van der Waals surface area contributed by atoms with Gasteiger partial charge in [0, 0.05) is 72.2 Å². The minimum Gasteiger partial charge on any atom is -0.372 e. The molecule has 160 valence electrons. The van der Waals surface area contributed by atoms with Crippen molar-refractivity contribution in [1.29, 1.82) is 0 Å². The Bertz CT molecular complexity index is 1490. The van der Waals surface area contributed by atoms with Crippen molar-refractivity contribution < 1.29 is 0 Å². The normalized spacial score (nSPS) is 14.2. The lowest BCUT2D eigenvalue weighted by atomic mass is 9.91. The molecular weight excluding hydrogens is 398 g/mol. The van der Waals surface area contributed by atoms with Crippen molar-refractivity contribution in [2.24, 2.45) is 0 Å². The highest BCUT2D eigenvalue weighted by atomic mass is 16.1. The third-order valence-electron chi connectivity index (χ3n) is 6.82. The molecule has 6 nitrogen and oxygen atoms in total. The lowest BCUT2D eigenvalue weighted by Gasteiger charge is -2.36. The second-order valence-corrected chi connectivity index (χ2v) is 8.74. The Balaban J connectivity index is 1.39. The van der Waals surface area contributed by atoms with E-state index in [2.05, 4.69) is 57.4 Å². The van der Waals surface area contributed by atoms with Crippen LogP contribution in [0.4, 0.5) is 5.69 Å². The van der Waals surface area contributed by atoms with Crippen LogP contribution in [0, 0.1) is 0 Å². The summed E-state index contributed by atoms with van der Waals surface area (Å²) in [6.07, 6.45) is 12.2. The van der Waals surface area contributed by atoms with Crippen LogP contribution in [0.2, 0.25) is 0 Å². The Hall–Kier alpha value is -3.80. The standard InChI is InChI=1S/C26H25N5O/c1-30(19-6-3-7-19)20-8-2-5-17(11-20)12-21-14-29-26(32)24-13-18(16-31(21)24)23-15-28-25-22(23)9-4-10-27-25/h2,4-5,8-11,13-16,19H,3,6-7,12H2,1H3,(H,27,28)(H,29,32). The summed E-state index contributed by atoms with van der Waals surface area (Å²) in [6, 6.07) is 15.3. The number of H-pyrrole nitrogens is 2. The summed E-state index contributed by atoms with van der Waals surface area (Å²) < 4.78 is 2.02. The van der Waals surface area contributed by atoms with E-state index < -0.39 is 0 Å². The lowest BCUT2D eigenvalue weighted by Crippen LogP contribution is -2.37. The predicted octanol–water partition coefficient (Wildman–Crippen LogP) is 4.75. The summed E-state index contributed by atoms with van der Waals surface area (Å²) in [5.41, 5.74) is 6.99. The molecule has 0 spiro atoms. The number of fused-ring (bicyclic) bond motifs is 2. The van der Waals surface area contributed by atoms with Crippen molar-refractivity contribution in [3.8, 4) is 11.1 Å². The van der Waals surface area contributed by atoms with Gasteiger partial charge in [0.2, 0.25) is 0 Å². The summed E-state index contributed by atoms with van der Waals surface area (Å²) in [6.45, 7) is 0. The molecule has 0 unspecified atom stereocenters. The average Bonchev–Trinajstić information content (AvgIpc) is 3.40. The molecule has 1 aromatic carbocycles. The number of benzene rings is 1. The van der Waals surface area contributed by atoms with Gasteiger partial charge in [-0.1, -0.05) is 12.1 Å². The summed E-state index contributed by atoms with van der Waals surface area (Å²) in [5.74, 6) is 0. The van der Waals surface area contributed by atoms with E-state index in [0.717, 1.165) is 34.3 Å². The van der Waals surface area contributed by atoms with E-state index in [0.29, 0.717) is 11.6 Å². The van der Waals surface area contributed by atoms with E-state index in [4.69, 9.17) is 0 Å². The van der Waals surface area contributed by atoms with Crippen molar-refractivity contribution >= 4 is 22.2 Å². The van der Waals surface area contributed by atoms with E-state index in [-0.39, 0.29) is 5.56 Å². The first-order chi connectivity index (χ1) is 15.7. The number of aromatic nitrogens is 4. The van der Waals surface area contributed by atoms with Crippen LogP contribution in [0.3, 0.4) is 0 Å². The van der Waals surface area contributed by atoms with E-state index in [1.54, 1.807) is 6.20 Å². The molecule has 5 aromatic rings. The number of hydrogen-bond acceptors (Lipinski definition) is 3. The molecular formula is C26H25N5O. The zero-order chi connectivity index (χ0) is 21.7. The minimum atomic E-state index is -0.0866. The average molecular weight is 424 g/mol. The van der Waals surface area contributed by atoms with Crippen LogP contribution in [0.5, 0.6) is 0 Å². The molecule has 1 fully saturated rings. The third-order valence-corrected chi connectivity index (χ3v) is 6.82. The van der Waals surface area contributed by atoms with Gasteiger partial charge < -0.3 is 19.3 Å². The number of nitrogens with one attached hydrogen (secondary N) is 2. The number of aromatic amines is 2. The number of hydrogen-bond donors (Lipinski definition) is 2. The van der Waals surface area contributed by atoms with E-state index in [1.165, 1.54) is 30.5 Å². The summed E-state index contributed by atoms with van der Waals surface area (Å²) in [7, 11) is 2.19. The quantitative estimate of drug-likeness (QED) is 0.429. The molecule has 0 aliphatic heterocycles. The Morgan fingerprint density at radius 3 is 2.88 bits per heavy atom. The molecule has 0 saturated heterocycles. The van der Waals surface area contributed by atoms with Crippen LogP contribution in [0.25, 0.3) is 27.7 Å². The maximum atomic E-state index is 12.6. The monoisotopic (exact) mass is 423 g/mol. The third kappa shape index (κ3) is 3.11. The Morgan fingerprint density at radius 2 is 2.03 bits per heavy atom. The molecule has 4 aromatic heterocycles. The van der Waals surface area contributed by atoms with Gasteiger partial charge in [-0.15, -0.1) is 0 Å². The minimum absolute atomic E-state index is 0.0866. The predicted molar refractivity (Wildman–Crippen MR) is 128 cm³/mol. The first kappa shape index (κ1) is 18.9. The largest absolute Gasteiger partial charge is 0.372 e. The molecule has 0 radical (unpaired) electrons. The van der Waals surface area contributed by atoms with Gasteiger partial charge in [0.1, 0.15) is 11.2 Å². The van der Waals surface area contributed by atoms with Gasteiger partial charge >= 0.3 is 0 Å². The molecule has 32 heavy (non-hydrogen) atoms. The number of rotatable bonds is 5. The van der Waals surface area contributed by atoms with Gasteiger partial charge in [-0.3, -0.25) is 4.79 Å². The molecule has 1 aliphatic carbocycles. The van der Waals surface area contributed by atoms with Crippen molar-refractivity contribution in [3.63, 3.8) is 0 Å². The molecule has 1 saturated carbocycles. The second kappa shape index (κ2) is 7.41. The molecule has 6 heteroatoms. The maximum absolute atomic E-state index is 12.6. The first-order valence-corrected chi connectivity index (χ1v) is 11.1. The Morgan fingerprint density at radius 1 is 1.12 bits per heavy atom. The molecule has 6 rings (SSSR count). The van der Waals surface area contributed by atoms with Crippen molar-refractivity contribution in [1.82, 2.24) is 19.4 Å². The van der Waals surface area contributed by atoms with Crippen molar-refractivity contribution in [3.05, 3.63) is 88.9 Å². The molecule has 0 atom stereocenters. The van der Waals surface area contributed by atoms with Crippen LogP contribution >= 0.6 is 0 Å². The zero-order valence-corrected chi connectivity index (χ0v) is 18.0. The van der Waals surface area contributed by atoms with Gasteiger partial charge in [-0.05, 0) is 55.2 Å².